The lowest BCUT2D eigenvalue weighted by Gasteiger charge is -2.32. The summed E-state index contributed by atoms with van der Waals surface area (Å²) in [6.07, 6.45) is 2.01. The summed E-state index contributed by atoms with van der Waals surface area (Å²) in [6.45, 7) is 4.05. The number of carbonyl (C=O) groups excluding carboxylic acids is 2. The summed E-state index contributed by atoms with van der Waals surface area (Å²) < 4.78 is 31.6. The van der Waals surface area contributed by atoms with E-state index < -0.39 is 28.5 Å². The Morgan fingerprint density at radius 2 is 1.67 bits per heavy atom. The molecule has 0 aliphatic rings. The quantitative estimate of drug-likeness (QED) is 0.509. The summed E-state index contributed by atoms with van der Waals surface area (Å²) in [6, 6.07) is 15.5. The molecule has 180 valence electrons. The molecule has 0 heterocycles. The molecular weight excluding hydrogens is 442 g/mol. The standard InChI is InChI=1S/C24H33N3O5S/c1-5-22(24(29)25-3)26(17-16-19-10-8-7-9-11-19)23(28)18-27(33(4,30)31)20-12-14-21(15-13-20)32-6-2/h7-15,22H,5-6,16-18H2,1-4H3,(H,25,29). The zero-order valence-electron chi connectivity index (χ0n) is 19.7. The molecule has 0 fully saturated rings. The molecular formula is C24H33N3O5S. The van der Waals surface area contributed by atoms with Crippen molar-refractivity contribution in [1.29, 1.82) is 0 Å². The highest BCUT2D eigenvalue weighted by Gasteiger charge is 2.30. The van der Waals surface area contributed by atoms with Gasteiger partial charge < -0.3 is 15.0 Å². The molecule has 0 aliphatic heterocycles. The van der Waals surface area contributed by atoms with Crippen molar-refractivity contribution in [1.82, 2.24) is 10.2 Å². The van der Waals surface area contributed by atoms with Gasteiger partial charge in [0.15, 0.2) is 0 Å². The lowest BCUT2D eigenvalue weighted by molar-refractivity contribution is -0.139. The van der Waals surface area contributed by atoms with E-state index in [9.17, 15) is 18.0 Å². The number of nitrogens with zero attached hydrogens (tertiary/aromatic N) is 2. The van der Waals surface area contributed by atoms with E-state index in [-0.39, 0.29) is 12.5 Å². The SMILES string of the molecule is CCOc1ccc(N(CC(=O)N(CCc2ccccc2)C(CC)C(=O)NC)S(C)(=O)=O)cc1. The van der Waals surface area contributed by atoms with Crippen molar-refractivity contribution >= 4 is 27.5 Å². The van der Waals surface area contributed by atoms with Crippen molar-refractivity contribution in [2.24, 2.45) is 0 Å². The molecule has 1 N–H and O–H groups in total. The number of anilines is 1. The fraction of sp³-hybridized carbons (Fsp3) is 0.417. The average molecular weight is 476 g/mol. The first-order valence-electron chi connectivity index (χ1n) is 11.0. The second-order valence-corrected chi connectivity index (χ2v) is 9.46. The van der Waals surface area contributed by atoms with E-state index in [1.54, 1.807) is 24.3 Å². The van der Waals surface area contributed by atoms with Gasteiger partial charge in [0.25, 0.3) is 0 Å². The summed E-state index contributed by atoms with van der Waals surface area (Å²) in [5, 5.41) is 2.60. The molecule has 2 aromatic carbocycles. The maximum absolute atomic E-state index is 13.4. The zero-order valence-corrected chi connectivity index (χ0v) is 20.5. The number of amides is 2. The van der Waals surface area contributed by atoms with Gasteiger partial charge in [0.05, 0.1) is 18.6 Å². The summed E-state index contributed by atoms with van der Waals surface area (Å²) >= 11 is 0. The molecule has 9 heteroatoms. The minimum absolute atomic E-state index is 0.286. The Morgan fingerprint density at radius 3 is 2.18 bits per heavy atom. The number of likely N-dealkylation sites (N-methyl/N-ethyl adjacent to an activating group) is 1. The van der Waals surface area contributed by atoms with Crippen molar-refractivity contribution in [2.45, 2.75) is 32.7 Å². The largest absolute Gasteiger partial charge is 0.494 e. The molecule has 2 rings (SSSR count). The molecule has 0 saturated heterocycles. The zero-order chi connectivity index (χ0) is 24.4. The molecule has 0 spiro atoms. The molecule has 0 aliphatic carbocycles. The van der Waals surface area contributed by atoms with E-state index in [2.05, 4.69) is 5.32 Å². The summed E-state index contributed by atoms with van der Waals surface area (Å²) in [4.78, 5) is 27.4. The fourth-order valence-electron chi connectivity index (χ4n) is 3.55. The van der Waals surface area contributed by atoms with E-state index in [1.165, 1.54) is 11.9 Å². The number of nitrogens with one attached hydrogen (secondary N) is 1. The van der Waals surface area contributed by atoms with Crippen LogP contribution in [0.2, 0.25) is 0 Å². The van der Waals surface area contributed by atoms with Crippen LogP contribution >= 0.6 is 0 Å². The first-order chi connectivity index (χ1) is 15.7. The third kappa shape index (κ3) is 7.49. The van der Waals surface area contributed by atoms with Crippen molar-refractivity contribution in [3.05, 3.63) is 60.2 Å². The van der Waals surface area contributed by atoms with Crippen LogP contribution in [0.4, 0.5) is 5.69 Å². The lowest BCUT2D eigenvalue weighted by Crippen LogP contribution is -2.52. The smallest absolute Gasteiger partial charge is 0.244 e. The van der Waals surface area contributed by atoms with E-state index in [0.717, 1.165) is 16.1 Å². The number of benzene rings is 2. The normalized spacial score (nSPS) is 12.0. The number of ether oxygens (including phenoxy) is 1. The monoisotopic (exact) mass is 475 g/mol. The maximum Gasteiger partial charge on any atom is 0.244 e. The number of hydrogen-bond acceptors (Lipinski definition) is 5. The Balaban J connectivity index is 2.31. The second-order valence-electron chi connectivity index (χ2n) is 7.56. The van der Waals surface area contributed by atoms with Gasteiger partial charge in [0, 0.05) is 13.6 Å². The van der Waals surface area contributed by atoms with Crippen molar-refractivity contribution in [2.75, 3.05) is 37.3 Å². The van der Waals surface area contributed by atoms with Crippen LogP contribution in [0.25, 0.3) is 0 Å². The van der Waals surface area contributed by atoms with Gasteiger partial charge in [-0.05, 0) is 49.6 Å². The van der Waals surface area contributed by atoms with Gasteiger partial charge in [-0.1, -0.05) is 37.3 Å². The molecule has 0 aromatic heterocycles. The van der Waals surface area contributed by atoms with Gasteiger partial charge in [-0.2, -0.15) is 0 Å². The van der Waals surface area contributed by atoms with E-state index >= 15 is 0 Å². The lowest BCUT2D eigenvalue weighted by atomic mass is 10.1. The second kappa shape index (κ2) is 12.2. The Hall–Kier alpha value is -3.07. The molecule has 0 radical (unpaired) electrons. The highest BCUT2D eigenvalue weighted by atomic mass is 32.2. The van der Waals surface area contributed by atoms with Crippen molar-refractivity contribution in [3.63, 3.8) is 0 Å². The minimum Gasteiger partial charge on any atom is -0.494 e. The molecule has 0 saturated carbocycles. The number of hydrogen-bond donors (Lipinski definition) is 1. The number of carbonyl (C=O) groups is 2. The van der Waals surface area contributed by atoms with Gasteiger partial charge in [0.2, 0.25) is 21.8 Å². The summed E-state index contributed by atoms with van der Waals surface area (Å²) in [5.74, 6) is -0.122. The molecule has 1 unspecified atom stereocenters. The maximum atomic E-state index is 13.4. The highest BCUT2D eigenvalue weighted by Crippen LogP contribution is 2.22. The van der Waals surface area contributed by atoms with Gasteiger partial charge in [-0.25, -0.2) is 8.42 Å². The molecule has 1 atom stereocenters. The van der Waals surface area contributed by atoms with Crippen LogP contribution in [0, 0.1) is 0 Å². The van der Waals surface area contributed by atoms with Gasteiger partial charge >= 0.3 is 0 Å². The average Bonchev–Trinajstić information content (AvgIpc) is 2.80. The van der Waals surface area contributed by atoms with Gasteiger partial charge in [0.1, 0.15) is 18.3 Å². The van der Waals surface area contributed by atoms with Gasteiger partial charge in [-0.3, -0.25) is 13.9 Å². The number of rotatable bonds is 12. The third-order valence-corrected chi connectivity index (χ3v) is 6.37. The van der Waals surface area contributed by atoms with Crippen molar-refractivity contribution < 1.29 is 22.7 Å². The van der Waals surface area contributed by atoms with Gasteiger partial charge in [-0.15, -0.1) is 0 Å². The Bertz CT molecular complexity index is 1010. The summed E-state index contributed by atoms with van der Waals surface area (Å²) in [5.41, 5.74) is 1.37. The summed E-state index contributed by atoms with van der Waals surface area (Å²) in [7, 11) is -2.23. The first-order valence-corrected chi connectivity index (χ1v) is 12.8. The predicted molar refractivity (Wildman–Crippen MR) is 130 cm³/mol. The Labute approximate surface area is 196 Å². The topological polar surface area (TPSA) is 96.0 Å². The van der Waals surface area contributed by atoms with Crippen LogP contribution in [0.5, 0.6) is 5.75 Å². The Morgan fingerprint density at radius 1 is 1.03 bits per heavy atom. The first kappa shape index (κ1) is 26.2. The number of sulfonamides is 1. The Kier molecular flexibility index (Phi) is 9.72. The van der Waals surface area contributed by atoms with Crippen LogP contribution in [0.3, 0.4) is 0 Å². The predicted octanol–water partition coefficient (Wildman–Crippen LogP) is 2.45. The van der Waals surface area contributed by atoms with Crippen molar-refractivity contribution in [3.8, 4) is 5.75 Å². The van der Waals surface area contributed by atoms with Crippen LogP contribution < -0.4 is 14.4 Å². The van der Waals surface area contributed by atoms with Crippen LogP contribution in [-0.2, 0) is 26.0 Å². The third-order valence-electron chi connectivity index (χ3n) is 5.23. The molecule has 2 aromatic rings. The van der Waals surface area contributed by atoms with E-state index in [4.69, 9.17) is 4.74 Å². The molecule has 8 nitrogen and oxygen atoms in total. The fourth-order valence-corrected chi connectivity index (χ4v) is 4.40. The van der Waals surface area contributed by atoms with E-state index in [1.807, 2.05) is 44.2 Å². The van der Waals surface area contributed by atoms with Crippen LogP contribution in [0.1, 0.15) is 25.8 Å². The van der Waals surface area contributed by atoms with Crippen LogP contribution in [0.15, 0.2) is 54.6 Å². The minimum atomic E-state index is -3.75. The highest BCUT2D eigenvalue weighted by molar-refractivity contribution is 7.92. The molecule has 33 heavy (non-hydrogen) atoms. The molecule has 0 bridgehead atoms. The molecule has 2 amide bonds. The van der Waals surface area contributed by atoms with Crippen LogP contribution in [-0.4, -0.2) is 64.2 Å². The van der Waals surface area contributed by atoms with E-state index in [0.29, 0.717) is 30.9 Å².